The number of nitrogens with one attached hydrogen (secondary N) is 1. The van der Waals surface area contributed by atoms with Crippen molar-refractivity contribution in [2.45, 2.75) is 20.8 Å². The number of ether oxygens (including phenoxy) is 1. The fraction of sp³-hybridized carbons (Fsp3) is 0.158. The van der Waals surface area contributed by atoms with Gasteiger partial charge in [0.05, 0.1) is 0 Å². The molecule has 0 saturated carbocycles. The van der Waals surface area contributed by atoms with Gasteiger partial charge in [-0.05, 0) is 55.7 Å². The highest BCUT2D eigenvalue weighted by Crippen LogP contribution is 2.32. The Morgan fingerprint density at radius 3 is 2.46 bits per heavy atom. The molecule has 0 aliphatic heterocycles. The Morgan fingerprint density at radius 2 is 1.71 bits per heavy atom. The summed E-state index contributed by atoms with van der Waals surface area (Å²) >= 11 is 0. The van der Waals surface area contributed by atoms with Gasteiger partial charge in [-0.1, -0.05) is 24.3 Å². The van der Waals surface area contributed by atoms with Gasteiger partial charge in [0.25, 0.3) is 0 Å². The summed E-state index contributed by atoms with van der Waals surface area (Å²) in [6.07, 6.45) is 1.44. The summed E-state index contributed by atoms with van der Waals surface area (Å²) in [7, 11) is 0. The zero-order valence-electron chi connectivity index (χ0n) is 14.0. The zero-order chi connectivity index (χ0) is 17.1. The Hall–Kier alpha value is -3.08. The first-order chi connectivity index (χ1) is 11.5. The number of anilines is 3. The number of hydrogen-bond donors (Lipinski definition) is 2. The Morgan fingerprint density at radius 1 is 0.917 bits per heavy atom. The normalized spacial score (nSPS) is 10.5. The molecule has 24 heavy (non-hydrogen) atoms. The molecule has 0 amide bonds. The van der Waals surface area contributed by atoms with Crippen LogP contribution in [0.4, 0.5) is 17.2 Å². The molecule has 5 nitrogen and oxygen atoms in total. The number of aromatic nitrogens is 2. The van der Waals surface area contributed by atoms with Crippen LogP contribution in [0.25, 0.3) is 0 Å². The molecule has 122 valence electrons. The molecule has 3 N–H and O–H groups in total. The van der Waals surface area contributed by atoms with Crippen LogP contribution in [-0.2, 0) is 0 Å². The molecule has 2 aromatic carbocycles. The molecule has 1 aromatic heterocycles. The topological polar surface area (TPSA) is 73.1 Å². The predicted molar refractivity (Wildman–Crippen MR) is 96.9 cm³/mol. The maximum atomic E-state index is 6.18. The minimum atomic E-state index is 0.337. The summed E-state index contributed by atoms with van der Waals surface area (Å²) < 4.78 is 5.84. The van der Waals surface area contributed by atoms with E-state index in [1.165, 1.54) is 11.9 Å². The number of aryl methyl sites for hydroxylation is 3. The number of para-hydroxylation sites is 1. The van der Waals surface area contributed by atoms with Crippen molar-refractivity contribution >= 4 is 17.2 Å². The quantitative estimate of drug-likeness (QED) is 0.739. The smallest absolute Gasteiger partial charge is 0.248 e. The molecule has 0 saturated heterocycles. The van der Waals surface area contributed by atoms with Crippen LogP contribution in [0.5, 0.6) is 11.6 Å². The van der Waals surface area contributed by atoms with E-state index in [1.807, 2.05) is 56.3 Å². The molecule has 0 bridgehead atoms. The third kappa shape index (κ3) is 3.30. The second-order valence-electron chi connectivity index (χ2n) is 5.73. The third-order valence-electron chi connectivity index (χ3n) is 3.94. The van der Waals surface area contributed by atoms with Crippen molar-refractivity contribution in [3.8, 4) is 11.6 Å². The molecule has 0 atom stereocenters. The van der Waals surface area contributed by atoms with E-state index in [-0.39, 0.29) is 0 Å². The predicted octanol–water partition coefficient (Wildman–Crippen LogP) is 4.52. The fourth-order valence-corrected chi connectivity index (χ4v) is 2.29. The second-order valence-corrected chi connectivity index (χ2v) is 5.73. The highest BCUT2D eigenvalue weighted by molar-refractivity contribution is 5.73. The van der Waals surface area contributed by atoms with Crippen molar-refractivity contribution in [3.63, 3.8) is 0 Å². The third-order valence-corrected chi connectivity index (χ3v) is 3.94. The first kappa shape index (κ1) is 15.8. The minimum Gasteiger partial charge on any atom is -0.437 e. The average molecular weight is 320 g/mol. The van der Waals surface area contributed by atoms with E-state index in [0.717, 1.165) is 16.8 Å². The lowest BCUT2D eigenvalue weighted by molar-refractivity contribution is 0.464. The molecule has 0 unspecified atom stereocenters. The van der Waals surface area contributed by atoms with Crippen LogP contribution in [0.1, 0.15) is 16.7 Å². The van der Waals surface area contributed by atoms with E-state index >= 15 is 0 Å². The van der Waals surface area contributed by atoms with Gasteiger partial charge in [0.15, 0.2) is 5.82 Å². The van der Waals surface area contributed by atoms with Gasteiger partial charge < -0.3 is 15.8 Å². The van der Waals surface area contributed by atoms with Crippen LogP contribution in [0.3, 0.4) is 0 Å². The van der Waals surface area contributed by atoms with Gasteiger partial charge in [-0.3, -0.25) is 0 Å². The fourth-order valence-electron chi connectivity index (χ4n) is 2.29. The van der Waals surface area contributed by atoms with E-state index in [0.29, 0.717) is 23.1 Å². The summed E-state index contributed by atoms with van der Waals surface area (Å²) in [4.78, 5) is 8.37. The Bertz CT molecular complexity index is 877. The second kappa shape index (κ2) is 6.58. The van der Waals surface area contributed by atoms with Crippen LogP contribution in [0, 0.1) is 20.8 Å². The Labute approximate surface area is 141 Å². The minimum absolute atomic E-state index is 0.337. The van der Waals surface area contributed by atoms with Crippen molar-refractivity contribution in [1.82, 2.24) is 9.97 Å². The maximum absolute atomic E-state index is 6.18. The zero-order valence-corrected chi connectivity index (χ0v) is 14.0. The monoisotopic (exact) mass is 320 g/mol. The van der Waals surface area contributed by atoms with Crippen LogP contribution < -0.4 is 15.8 Å². The van der Waals surface area contributed by atoms with E-state index < -0.39 is 0 Å². The highest BCUT2D eigenvalue weighted by Gasteiger charge is 2.11. The lowest BCUT2D eigenvalue weighted by Crippen LogP contribution is -2.04. The van der Waals surface area contributed by atoms with Crippen molar-refractivity contribution in [1.29, 1.82) is 0 Å². The lowest BCUT2D eigenvalue weighted by atomic mass is 10.1. The average Bonchev–Trinajstić information content (AvgIpc) is 2.57. The number of hydrogen-bond acceptors (Lipinski definition) is 5. The van der Waals surface area contributed by atoms with Crippen molar-refractivity contribution in [2.24, 2.45) is 0 Å². The lowest BCUT2D eigenvalue weighted by Gasteiger charge is -2.13. The van der Waals surface area contributed by atoms with Gasteiger partial charge in [0, 0.05) is 5.69 Å². The van der Waals surface area contributed by atoms with E-state index in [4.69, 9.17) is 10.5 Å². The number of benzene rings is 2. The molecule has 0 aliphatic rings. The van der Waals surface area contributed by atoms with E-state index in [1.54, 1.807) is 0 Å². The molecule has 0 spiro atoms. The molecule has 0 fully saturated rings. The molecule has 5 heteroatoms. The van der Waals surface area contributed by atoms with Crippen LogP contribution >= 0.6 is 0 Å². The standard InChI is InChI=1S/C19H20N4O/c1-12-8-9-15(10-14(12)3)24-19-17(20)18(21-11-22-19)23-16-7-5-4-6-13(16)2/h4-11H,20H2,1-3H3,(H,21,22,23). The largest absolute Gasteiger partial charge is 0.437 e. The number of nitrogens with zero attached hydrogens (tertiary/aromatic N) is 2. The maximum Gasteiger partial charge on any atom is 0.248 e. The molecule has 0 aliphatic carbocycles. The van der Waals surface area contributed by atoms with E-state index in [2.05, 4.69) is 22.2 Å². The van der Waals surface area contributed by atoms with Crippen LogP contribution in [-0.4, -0.2) is 9.97 Å². The molecule has 1 heterocycles. The van der Waals surface area contributed by atoms with Crippen LogP contribution in [0.15, 0.2) is 48.8 Å². The molecule has 3 aromatic rings. The van der Waals surface area contributed by atoms with Gasteiger partial charge in [-0.2, -0.15) is 4.98 Å². The van der Waals surface area contributed by atoms with Crippen molar-refractivity contribution in [3.05, 3.63) is 65.5 Å². The number of nitrogens with two attached hydrogens (primary N) is 1. The summed E-state index contributed by atoms with van der Waals surface area (Å²) in [5.41, 5.74) is 11.0. The number of nitrogen functional groups attached to an aromatic ring is 1. The van der Waals surface area contributed by atoms with Crippen molar-refractivity contribution < 1.29 is 4.74 Å². The molecular weight excluding hydrogens is 300 g/mol. The van der Waals surface area contributed by atoms with Crippen LogP contribution in [0.2, 0.25) is 0 Å². The SMILES string of the molecule is Cc1ccc(Oc2ncnc(Nc3ccccc3C)c2N)cc1C. The van der Waals surface area contributed by atoms with Gasteiger partial charge in [0.1, 0.15) is 17.8 Å². The Kier molecular flexibility index (Phi) is 4.33. The molecular formula is C19H20N4O. The molecule has 3 rings (SSSR count). The van der Waals surface area contributed by atoms with Crippen molar-refractivity contribution in [2.75, 3.05) is 11.1 Å². The first-order valence-electron chi connectivity index (χ1n) is 7.73. The summed E-state index contributed by atoms with van der Waals surface area (Å²) in [6.45, 7) is 6.12. The first-order valence-corrected chi connectivity index (χ1v) is 7.73. The summed E-state index contributed by atoms with van der Waals surface area (Å²) in [5, 5.41) is 3.23. The van der Waals surface area contributed by atoms with Gasteiger partial charge in [-0.15, -0.1) is 0 Å². The van der Waals surface area contributed by atoms with Gasteiger partial charge >= 0.3 is 0 Å². The number of rotatable bonds is 4. The summed E-state index contributed by atoms with van der Waals surface area (Å²) in [6, 6.07) is 13.8. The summed E-state index contributed by atoms with van der Waals surface area (Å²) in [5.74, 6) is 1.56. The van der Waals surface area contributed by atoms with Gasteiger partial charge in [0.2, 0.25) is 5.88 Å². The molecule has 0 radical (unpaired) electrons. The van der Waals surface area contributed by atoms with E-state index in [9.17, 15) is 0 Å². The Balaban J connectivity index is 1.88. The van der Waals surface area contributed by atoms with Gasteiger partial charge in [-0.25, -0.2) is 4.98 Å². The highest BCUT2D eigenvalue weighted by atomic mass is 16.5.